The molecule has 0 aliphatic heterocycles. The Morgan fingerprint density at radius 3 is 2.05 bits per heavy atom. The first kappa shape index (κ1) is 33.0. The second kappa shape index (κ2) is 11.8. The van der Waals surface area contributed by atoms with E-state index in [1.54, 1.807) is 5.57 Å². The van der Waals surface area contributed by atoms with E-state index in [1.165, 1.54) is 41.5 Å². The fourth-order valence-corrected chi connectivity index (χ4v) is 10.7. The zero-order valence-electron chi connectivity index (χ0n) is 28.8. The van der Waals surface area contributed by atoms with Crippen LogP contribution in [0.4, 0.5) is 0 Å². The molecule has 2 saturated carbocycles. The molecular formula is C40H58O4. The highest BCUT2D eigenvalue weighted by atomic mass is 16.4. The molecule has 1 aromatic carbocycles. The van der Waals surface area contributed by atoms with E-state index in [1.807, 2.05) is 13.8 Å². The van der Waals surface area contributed by atoms with Gasteiger partial charge in [-0.3, -0.25) is 9.59 Å². The fourth-order valence-electron chi connectivity index (χ4n) is 10.7. The molecule has 4 nitrogen and oxygen atoms in total. The molecule has 0 amide bonds. The highest BCUT2D eigenvalue weighted by Crippen LogP contribution is 2.62. The van der Waals surface area contributed by atoms with Gasteiger partial charge in [0.05, 0.1) is 10.8 Å². The second-order valence-corrected chi connectivity index (χ2v) is 16.7. The lowest BCUT2D eigenvalue weighted by atomic mass is 9.47. The zero-order valence-corrected chi connectivity index (χ0v) is 28.8. The van der Waals surface area contributed by atoms with Crippen LogP contribution in [0.2, 0.25) is 0 Å². The lowest BCUT2D eigenvalue weighted by molar-refractivity contribution is -0.162. The molecule has 5 aliphatic carbocycles. The second-order valence-electron chi connectivity index (χ2n) is 16.7. The Morgan fingerprint density at radius 2 is 1.43 bits per heavy atom. The van der Waals surface area contributed by atoms with Crippen molar-refractivity contribution in [3.63, 3.8) is 0 Å². The monoisotopic (exact) mass is 602 g/mol. The van der Waals surface area contributed by atoms with Crippen LogP contribution in [0, 0.1) is 39.9 Å². The van der Waals surface area contributed by atoms with Crippen molar-refractivity contribution in [2.24, 2.45) is 39.9 Å². The number of hydrogen-bond acceptors (Lipinski definition) is 2. The van der Waals surface area contributed by atoms with Gasteiger partial charge in [0.1, 0.15) is 0 Å². The molecule has 0 radical (unpaired) electrons. The van der Waals surface area contributed by atoms with Crippen molar-refractivity contribution in [3.8, 4) is 0 Å². The number of fused-ring (bicyclic) bond motifs is 6. The molecule has 4 heteroatoms. The van der Waals surface area contributed by atoms with Crippen molar-refractivity contribution in [1.29, 1.82) is 0 Å². The Kier molecular flexibility index (Phi) is 8.84. The molecule has 6 rings (SSSR count). The molecule has 2 fully saturated rings. The highest BCUT2D eigenvalue weighted by Gasteiger charge is 2.57. The molecule has 0 bridgehead atoms. The first-order valence-corrected chi connectivity index (χ1v) is 17.6. The number of hydrogen-bond donors (Lipinski definition) is 2. The smallest absolute Gasteiger partial charge is 0.309 e. The standard InChI is InChI=1S/C20H30O2.C20H28O2/c2*1-13(2)14-6-8-16-15(12-14)7-9-17-19(16,3)10-5-11-20(17,4)18(21)22/h7,12-13,16-17H,5-6,8-11H2,1-4H3,(H,21,22);6,8,12-13,17H,5,7,9-11H2,1-4H3,(H,21,22)/t16?,17-,19-,20-;17-,19-,20-/m11/s1. The third kappa shape index (κ3) is 5.30. The predicted octanol–water partition coefficient (Wildman–Crippen LogP) is 10.1. The van der Waals surface area contributed by atoms with Gasteiger partial charge >= 0.3 is 11.9 Å². The van der Waals surface area contributed by atoms with Crippen LogP contribution in [0.3, 0.4) is 0 Å². The van der Waals surface area contributed by atoms with Crippen LogP contribution in [0.5, 0.6) is 0 Å². The van der Waals surface area contributed by atoms with Crippen molar-refractivity contribution in [1.82, 2.24) is 0 Å². The van der Waals surface area contributed by atoms with E-state index in [0.717, 1.165) is 51.4 Å². The summed E-state index contributed by atoms with van der Waals surface area (Å²) in [5.74, 6) is 1.08. The van der Waals surface area contributed by atoms with Crippen LogP contribution in [0.15, 0.2) is 41.5 Å². The van der Waals surface area contributed by atoms with Crippen molar-refractivity contribution in [2.45, 2.75) is 137 Å². The maximum absolute atomic E-state index is 11.9. The molecule has 5 aliphatic rings. The van der Waals surface area contributed by atoms with Gasteiger partial charge in [0.2, 0.25) is 0 Å². The number of carboxylic acid groups (broad SMARTS) is 2. The average molecular weight is 603 g/mol. The van der Waals surface area contributed by atoms with Gasteiger partial charge in [-0.2, -0.15) is 0 Å². The van der Waals surface area contributed by atoms with E-state index < -0.39 is 22.8 Å². The van der Waals surface area contributed by atoms with Crippen LogP contribution >= 0.6 is 0 Å². The quantitative estimate of drug-likeness (QED) is 0.360. The average Bonchev–Trinajstić information content (AvgIpc) is 2.96. The van der Waals surface area contributed by atoms with E-state index in [9.17, 15) is 19.8 Å². The fraction of sp³-hybridized carbons (Fsp3) is 0.700. The predicted molar refractivity (Wildman–Crippen MR) is 179 cm³/mol. The molecule has 0 saturated heterocycles. The zero-order chi connectivity index (χ0) is 32.2. The Labute approximate surface area is 266 Å². The number of allylic oxidation sites excluding steroid dienone is 4. The van der Waals surface area contributed by atoms with Crippen molar-refractivity contribution < 1.29 is 19.8 Å². The largest absolute Gasteiger partial charge is 0.481 e. The van der Waals surface area contributed by atoms with Gasteiger partial charge in [-0.15, -0.1) is 0 Å². The van der Waals surface area contributed by atoms with Crippen LogP contribution in [-0.4, -0.2) is 22.2 Å². The van der Waals surface area contributed by atoms with Crippen molar-refractivity contribution >= 4 is 11.9 Å². The van der Waals surface area contributed by atoms with Gasteiger partial charge in [-0.25, -0.2) is 0 Å². The lowest BCUT2D eigenvalue weighted by Crippen LogP contribution is -2.53. The molecule has 1 unspecified atom stereocenters. The topological polar surface area (TPSA) is 74.6 Å². The SMILES string of the molecule is CC(C)C1=CC2=CC[C@H]3[C@](C)(C(=O)O)CCC[C@]3(C)C2CC1.CC(C)c1ccc2c(c1)CC[C@H]1[C@](C)(C(=O)O)CCC[C@]21C. The lowest BCUT2D eigenvalue weighted by Gasteiger charge is -2.57. The Balaban J connectivity index is 0.000000175. The minimum atomic E-state index is -0.606. The summed E-state index contributed by atoms with van der Waals surface area (Å²) < 4.78 is 0. The first-order chi connectivity index (χ1) is 20.6. The number of carboxylic acids is 2. The van der Waals surface area contributed by atoms with E-state index in [2.05, 4.69) is 71.9 Å². The van der Waals surface area contributed by atoms with Crippen LogP contribution in [0.25, 0.3) is 0 Å². The van der Waals surface area contributed by atoms with E-state index >= 15 is 0 Å². The molecule has 1 aromatic rings. The third-order valence-corrected chi connectivity index (χ3v) is 13.6. The van der Waals surface area contributed by atoms with E-state index in [0.29, 0.717) is 17.8 Å². The molecule has 242 valence electrons. The molecule has 2 N–H and O–H groups in total. The molecule has 7 atom stereocenters. The summed E-state index contributed by atoms with van der Waals surface area (Å²) in [6.45, 7) is 17.7. The van der Waals surface area contributed by atoms with E-state index in [4.69, 9.17) is 0 Å². The number of aryl methyl sites for hydroxylation is 1. The van der Waals surface area contributed by atoms with Crippen molar-refractivity contribution in [3.05, 3.63) is 58.2 Å². The van der Waals surface area contributed by atoms with Crippen LogP contribution in [-0.2, 0) is 21.4 Å². The molecule has 0 heterocycles. The summed E-state index contributed by atoms with van der Waals surface area (Å²) in [6.07, 6.45) is 16.2. The summed E-state index contributed by atoms with van der Waals surface area (Å²) in [5.41, 5.74) is 6.42. The summed E-state index contributed by atoms with van der Waals surface area (Å²) in [5, 5.41) is 19.6. The van der Waals surface area contributed by atoms with Crippen LogP contribution < -0.4 is 0 Å². The minimum absolute atomic E-state index is 0.0223. The summed E-state index contributed by atoms with van der Waals surface area (Å²) >= 11 is 0. The molecule has 0 aromatic heterocycles. The van der Waals surface area contributed by atoms with Gasteiger partial charge in [0.15, 0.2) is 0 Å². The number of carbonyl (C=O) groups is 2. The first-order valence-electron chi connectivity index (χ1n) is 17.6. The van der Waals surface area contributed by atoms with E-state index in [-0.39, 0.29) is 22.7 Å². The third-order valence-electron chi connectivity index (χ3n) is 13.6. The van der Waals surface area contributed by atoms with Gasteiger partial charge < -0.3 is 10.2 Å². The maximum atomic E-state index is 11.9. The number of aliphatic carboxylic acids is 2. The minimum Gasteiger partial charge on any atom is -0.481 e. The van der Waals surface area contributed by atoms with Gasteiger partial charge in [0, 0.05) is 0 Å². The van der Waals surface area contributed by atoms with Crippen molar-refractivity contribution in [2.75, 3.05) is 0 Å². The normalized spacial score (nSPS) is 37.7. The Morgan fingerprint density at radius 1 is 0.795 bits per heavy atom. The summed E-state index contributed by atoms with van der Waals surface area (Å²) in [4.78, 5) is 23.9. The van der Waals surface area contributed by atoms with Gasteiger partial charge in [-0.05, 0) is 134 Å². The maximum Gasteiger partial charge on any atom is 0.309 e. The van der Waals surface area contributed by atoms with Crippen LogP contribution in [0.1, 0.15) is 142 Å². The number of rotatable bonds is 4. The molecule has 44 heavy (non-hydrogen) atoms. The molecular weight excluding hydrogens is 544 g/mol. The summed E-state index contributed by atoms with van der Waals surface area (Å²) in [7, 11) is 0. The Hall–Kier alpha value is -2.36. The summed E-state index contributed by atoms with van der Waals surface area (Å²) in [6, 6.07) is 6.92. The highest BCUT2D eigenvalue weighted by molar-refractivity contribution is 5.76. The molecule has 0 spiro atoms. The van der Waals surface area contributed by atoms with Gasteiger partial charge in [-0.1, -0.05) is 90.3 Å². The number of benzene rings is 1. The van der Waals surface area contributed by atoms with Gasteiger partial charge in [0.25, 0.3) is 0 Å². The Bertz CT molecular complexity index is 1350.